The van der Waals surface area contributed by atoms with E-state index in [-0.39, 0.29) is 24.2 Å². The molecular weight excluding hydrogens is 427 g/mol. The minimum atomic E-state index is -1.13. The fraction of sp³-hybridized carbons (Fsp3) is 0.200. The number of hydrogen-bond donors (Lipinski definition) is 0. The summed E-state index contributed by atoms with van der Waals surface area (Å²) in [6.07, 6.45) is 0. The van der Waals surface area contributed by atoms with E-state index in [1.54, 1.807) is 53.3 Å². The van der Waals surface area contributed by atoms with Gasteiger partial charge in [0.15, 0.2) is 4.87 Å². The van der Waals surface area contributed by atoms with Crippen molar-refractivity contribution in [2.75, 3.05) is 24.3 Å². The number of rotatable bonds is 4. The summed E-state index contributed by atoms with van der Waals surface area (Å²) >= 11 is 1.47. The Hall–Kier alpha value is -3.32. The van der Waals surface area contributed by atoms with Crippen molar-refractivity contribution >= 4 is 29.3 Å². The number of para-hydroxylation sites is 1. The van der Waals surface area contributed by atoms with Crippen LogP contribution in [0.3, 0.4) is 0 Å². The molecule has 0 radical (unpaired) electrons. The van der Waals surface area contributed by atoms with Gasteiger partial charge >= 0.3 is 0 Å². The first-order valence-corrected chi connectivity index (χ1v) is 11.3. The number of nitrogens with zero attached hydrogens (tertiary/aromatic N) is 2. The standard InChI is InChI=1S/C25H21FN2O3S/c1-31-20-9-5-7-18(15-20)23(29)28-12-13-32-25(28)21-10-2-3-11-22(21)27(24(25)30)16-17-6-4-8-19(26)14-17/h2-11,14-15H,12-13,16H2,1H3/t25-/m1/s1. The van der Waals surface area contributed by atoms with Gasteiger partial charge in [-0.3, -0.25) is 9.59 Å². The second-order valence-electron chi connectivity index (χ2n) is 7.72. The number of ether oxygens (including phenoxy) is 1. The Morgan fingerprint density at radius 2 is 1.91 bits per heavy atom. The molecule has 7 heteroatoms. The lowest BCUT2D eigenvalue weighted by Gasteiger charge is -2.33. The highest BCUT2D eigenvalue weighted by molar-refractivity contribution is 8.01. The molecule has 0 N–H and O–H groups in total. The van der Waals surface area contributed by atoms with Crippen molar-refractivity contribution in [3.8, 4) is 5.75 Å². The number of hydrogen-bond acceptors (Lipinski definition) is 4. The molecule has 3 aromatic carbocycles. The number of anilines is 1. The summed E-state index contributed by atoms with van der Waals surface area (Å²) in [7, 11) is 1.55. The molecule has 2 aliphatic heterocycles. The van der Waals surface area contributed by atoms with Crippen molar-refractivity contribution in [2.45, 2.75) is 11.4 Å². The summed E-state index contributed by atoms with van der Waals surface area (Å²) in [4.78, 5) is 29.7. The summed E-state index contributed by atoms with van der Waals surface area (Å²) in [6.45, 7) is 0.686. The third kappa shape index (κ3) is 3.15. The van der Waals surface area contributed by atoms with E-state index < -0.39 is 4.87 Å². The summed E-state index contributed by atoms with van der Waals surface area (Å²) in [5.41, 5.74) is 2.71. The lowest BCUT2D eigenvalue weighted by molar-refractivity contribution is -0.123. The molecule has 1 saturated heterocycles. The van der Waals surface area contributed by atoms with Crippen LogP contribution in [0.15, 0.2) is 72.8 Å². The summed E-state index contributed by atoms with van der Waals surface area (Å²) in [5, 5.41) is 0. The Balaban J connectivity index is 1.56. The van der Waals surface area contributed by atoms with E-state index in [4.69, 9.17) is 4.74 Å². The van der Waals surface area contributed by atoms with Crippen LogP contribution in [-0.4, -0.2) is 36.1 Å². The van der Waals surface area contributed by atoms with Gasteiger partial charge in [0.2, 0.25) is 0 Å². The third-order valence-corrected chi connectivity index (χ3v) is 7.31. The molecule has 2 heterocycles. The van der Waals surface area contributed by atoms with Gasteiger partial charge in [-0.05, 0) is 42.0 Å². The van der Waals surface area contributed by atoms with Gasteiger partial charge in [-0.25, -0.2) is 4.39 Å². The van der Waals surface area contributed by atoms with Gasteiger partial charge in [0.05, 0.1) is 19.3 Å². The third-order valence-electron chi connectivity index (χ3n) is 5.89. The largest absolute Gasteiger partial charge is 0.497 e. The first-order valence-electron chi connectivity index (χ1n) is 10.3. The second-order valence-corrected chi connectivity index (χ2v) is 9.01. The number of thioether (sulfide) groups is 1. The highest BCUT2D eigenvalue weighted by atomic mass is 32.2. The van der Waals surface area contributed by atoms with Crippen LogP contribution in [0.25, 0.3) is 0 Å². The number of amides is 2. The zero-order valence-corrected chi connectivity index (χ0v) is 18.3. The monoisotopic (exact) mass is 448 g/mol. The maximum atomic E-state index is 13.9. The molecule has 3 aromatic rings. The van der Waals surface area contributed by atoms with Gasteiger partial charge in [-0.15, -0.1) is 11.8 Å². The maximum Gasteiger partial charge on any atom is 0.268 e. The van der Waals surface area contributed by atoms with Crippen molar-refractivity contribution < 1.29 is 18.7 Å². The molecule has 0 unspecified atom stereocenters. The minimum absolute atomic E-state index is 0.179. The van der Waals surface area contributed by atoms with E-state index in [0.29, 0.717) is 29.2 Å². The van der Waals surface area contributed by atoms with Crippen LogP contribution in [0.5, 0.6) is 5.75 Å². The quantitative estimate of drug-likeness (QED) is 0.593. The molecule has 2 amide bonds. The Kier molecular flexibility index (Phi) is 5.13. The molecule has 0 bridgehead atoms. The van der Waals surface area contributed by atoms with E-state index in [1.807, 2.05) is 24.3 Å². The number of methoxy groups -OCH3 is 1. The van der Waals surface area contributed by atoms with Gasteiger partial charge in [0, 0.05) is 23.4 Å². The molecule has 1 spiro atoms. The number of halogens is 1. The molecule has 162 valence electrons. The molecule has 0 saturated carbocycles. The minimum Gasteiger partial charge on any atom is -0.497 e. The van der Waals surface area contributed by atoms with Gasteiger partial charge < -0.3 is 14.5 Å². The van der Waals surface area contributed by atoms with Crippen molar-refractivity contribution in [3.63, 3.8) is 0 Å². The lowest BCUT2D eigenvalue weighted by Crippen LogP contribution is -2.50. The summed E-state index contributed by atoms with van der Waals surface area (Å²) in [6, 6.07) is 20.8. The first kappa shape index (κ1) is 20.6. The zero-order valence-electron chi connectivity index (χ0n) is 17.5. The average Bonchev–Trinajstić information content (AvgIpc) is 3.36. The molecule has 0 aromatic heterocycles. The van der Waals surface area contributed by atoms with Crippen LogP contribution in [0, 0.1) is 5.82 Å². The first-order chi connectivity index (χ1) is 15.5. The molecule has 32 heavy (non-hydrogen) atoms. The molecule has 1 fully saturated rings. The Morgan fingerprint density at radius 3 is 2.72 bits per heavy atom. The van der Waals surface area contributed by atoms with Crippen molar-refractivity contribution in [1.82, 2.24) is 4.90 Å². The smallest absolute Gasteiger partial charge is 0.268 e. The lowest BCUT2D eigenvalue weighted by atomic mass is 10.0. The highest BCUT2D eigenvalue weighted by Crippen LogP contribution is 2.54. The van der Waals surface area contributed by atoms with Crippen LogP contribution < -0.4 is 9.64 Å². The molecular formula is C25H21FN2O3S. The van der Waals surface area contributed by atoms with Crippen molar-refractivity contribution in [3.05, 3.63) is 95.3 Å². The van der Waals surface area contributed by atoms with Crippen LogP contribution in [-0.2, 0) is 16.2 Å². The number of carbonyl (C=O) groups excluding carboxylic acids is 2. The van der Waals surface area contributed by atoms with Crippen LogP contribution >= 0.6 is 11.8 Å². The number of fused-ring (bicyclic) bond motifs is 2. The molecule has 0 aliphatic carbocycles. The summed E-state index contributed by atoms with van der Waals surface area (Å²) < 4.78 is 19.0. The summed E-state index contributed by atoms with van der Waals surface area (Å²) in [5.74, 6) is 0.486. The average molecular weight is 449 g/mol. The van der Waals surface area contributed by atoms with Crippen LogP contribution in [0.2, 0.25) is 0 Å². The maximum absolute atomic E-state index is 13.9. The molecule has 5 rings (SSSR count). The Labute approximate surface area is 189 Å². The SMILES string of the molecule is COc1cccc(C(=O)N2CCS[C@]23C(=O)N(Cc2cccc(F)c2)c2ccccc23)c1. The predicted molar refractivity (Wildman–Crippen MR) is 122 cm³/mol. The van der Waals surface area contributed by atoms with E-state index in [9.17, 15) is 14.0 Å². The highest BCUT2D eigenvalue weighted by Gasteiger charge is 2.59. The van der Waals surface area contributed by atoms with Gasteiger partial charge in [0.25, 0.3) is 11.8 Å². The van der Waals surface area contributed by atoms with Crippen molar-refractivity contribution in [1.29, 1.82) is 0 Å². The fourth-order valence-electron chi connectivity index (χ4n) is 4.45. The van der Waals surface area contributed by atoms with Gasteiger partial charge in [0.1, 0.15) is 11.6 Å². The van der Waals surface area contributed by atoms with Crippen LogP contribution in [0.4, 0.5) is 10.1 Å². The number of carbonyl (C=O) groups is 2. The van der Waals surface area contributed by atoms with E-state index in [0.717, 1.165) is 11.3 Å². The normalized spacial score (nSPS) is 19.5. The molecule has 5 nitrogen and oxygen atoms in total. The van der Waals surface area contributed by atoms with Gasteiger partial charge in [-0.1, -0.05) is 36.4 Å². The topological polar surface area (TPSA) is 49.9 Å². The predicted octanol–water partition coefficient (Wildman–Crippen LogP) is 4.42. The Morgan fingerprint density at radius 1 is 1.09 bits per heavy atom. The molecule has 2 aliphatic rings. The van der Waals surface area contributed by atoms with Crippen LogP contribution in [0.1, 0.15) is 21.5 Å². The zero-order chi connectivity index (χ0) is 22.3. The Bertz CT molecular complexity index is 1220. The molecule has 1 atom stereocenters. The fourth-order valence-corrected chi connectivity index (χ4v) is 5.92. The van der Waals surface area contributed by atoms with E-state index in [1.165, 1.54) is 23.9 Å². The number of benzene rings is 3. The second kappa shape index (κ2) is 7.98. The van der Waals surface area contributed by atoms with E-state index in [2.05, 4.69) is 0 Å². The van der Waals surface area contributed by atoms with E-state index >= 15 is 0 Å². The van der Waals surface area contributed by atoms with Gasteiger partial charge in [-0.2, -0.15) is 0 Å². The van der Waals surface area contributed by atoms with Crippen molar-refractivity contribution in [2.24, 2.45) is 0 Å².